The van der Waals surface area contributed by atoms with E-state index in [0.717, 1.165) is 11.1 Å². The number of carbonyl (C=O) groups is 1. The number of nitro groups is 2. The van der Waals surface area contributed by atoms with Crippen molar-refractivity contribution in [2.75, 3.05) is 0 Å². The summed E-state index contributed by atoms with van der Waals surface area (Å²) in [6.07, 6.45) is 0. The maximum absolute atomic E-state index is 14.4. The first-order valence-electron chi connectivity index (χ1n) is 11.8. The van der Waals surface area contributed by atoms with E-state index in [1.165, 1.54) is 24.3 Å². The molecule has 4 atom stereocenters. The minimum absolute atomic E-state index is 0.0656. The highest BCUT2D eigenvalue weighted by molar-refractivity contribution is 5.94. The maximum Gasteiger partial charge on any atom is 0.269 e. The van der Waals surface area contributed by atoms with Crippen LogP contribution in [-0.4, -0.2) is 15.6 Å². The molecule has 184 valence electrons. The Morgan fingerprint density at radius 1 is 0.541 bits per heavy atom. The zero-order valence-corrected chi connectivity index (χ0v) is 19.6. The molecule has 0 spiro atoms. The zero-order valence-electron chi connectivity index (χ0n) is 19.6. The Morgan fingerprint density at radius 3 is 1.30 bits per heavy atom. The molecular formula is C29H23N3O5. The van der Waals surface area contributed by atoms with Crippen molar-refractivity contribution in [2.24, 2.45) is 0 Å². The molecule has 5 rings (SSSR count). The van der Waals surface area contributed by atoms with Crippen LogP contribution in [0.4, 0.5) is 11.4 Å². The average molecular weight is 494 g/mol. The Hall–Kier alpha value is -4.69. The second kappa shape index (κ2) is 10.1. The quantitative estimate of drug-likeness (QED) is 0.259. The Morgan fingerprint density at radius 2 is 0.919 bits per heavy atom. The summed E-state index contributed by atoms with van der Waals surface area (Å²) in [5, 5.41) is 26.6. The van der Waals surface area contributed by atoms with Gasteiger partial charge in [0.25, 0.3) is 11.4 Å². The average Bonchev–Trinajstić information content (AvgIpc) is 2.93. The summed E-state index contributed by atoms with van der Waals surface area (Å²) in [5.41, 5.74) is 2.62. The number of hydrogen-bond donors (Lipinski definition) is 1. The van der Waals surface area contributed by atoms with Crippen molar-refractivity contribution >= 4 is 17.2 Å². The molecule has 1 saturated heterocycles. The number of non-ortho nitro benzene ring substituents is 2. The Labute approximate surface area is 212 Å². The highest BCUT2D eigenvalue weighted by Crippen LogP contribution is 2.47. The lowest BCUT2D eigenvalue weighted by molar-refractivity contribution is -0.385. The van der Waals surface area contributed by atoms with Crippen molar-refractivity contribution in [1.29, 1.82) is 0 Å². The predicted molar refractivity (Wildman–Crippen MR) is 138 cm³/mol. The molecule has 0 aromatic heterocycles. The van der Waals surface area contributed by atoms with E-state index in [-0.39, 0.29) is 17.2 Å². The van der Waals surface area contributed by atoms with E-state index < -0.39 is 33.8 Å². The number of hydrogen-bond acceptors (Lipinski definition) is 6. The van der Waals surface area contributed by atoms with Crippen LogP contribution >= 0.6 is 0 Å². The second-order valence-electron chi connectivity index (χ2n) is 9.01. The van der Waals surface area contributed by atoms with Gasteiger partial charge in [0.1, 0.15) is 0 Å². The molecule has 4 aromatic carbocycles. The molecule has 37 heavy (non-hydrogen) atoms. The number of carbonyl (C=O) groups excluding carboxylic acids is 1. The summed E-state index contributed by atoms with van der Waals surface area (Å²) in [6, 6.07) is 30.0. The van der Waals surface area contributed by atoms with Crippen molar-refractivity contribution < 1.29 is 14.6 Å². The van der Waals surface area contributed by atoms with Crippen LogP contribution in [0.25, 0.3) is 0 Å². The SMILES string of the molecule is O=C1[C@@H](c2ccccc2)[C@@H](c2cccc([N+](=O)[O-])c2)N[C@@H](c2cccc([N+](=O)[O-])c2)[C@@H]1c1ccccc1. The van der Waals surface area contributed by atoms with Crippen molar-refractivity contribution in [3.05, 3.63) is 152 Å². The van der Waals surface area contributed by atoms with E-state index >= 15 is 0 Å². The van der Waals surface area contributed by atoms with Crippen LogP contribution in [0, 0.1) is 20.2 Å². The Bertz CT molecular complexity index is 1350. The van der Waals surface area contributed by atoms with Gasteiger partial charge < -0.3 is 5.32 Å². The maximum atomic E-state index is 14.4. The molecule has 1 N–H and O–H groups in total. The molecule has 0 amide bonds. The molecule has 4 aromatic rings. The minimum Gasteiger partial charge on any atom is -0.301 e. The van der Waals surface area contributed by atoms with Crippen LogP contribution in [0.3, 0.4) is 0 Å². The molecule has 1 aliphatic heterocycles. The fourth-order valence-corrected chi connectivity index (χ4v) is 5.18. The van der Waals surface area contributed by atoms with Crippen LogP contribution in [0.5, 0.6) is 0 Å². The molecule has 0 saturated carbocycles. The molecule has 0 radical (unpaired) electrons. The third-order valence-corrected chi connectivity index (χ3v) is 6.84. The number of benzene rings is 4. The van der Waals surface area contributed by atoms with Gasteiger partial charge in [-0.05, 0) is 22.3 Å². The molecule has 1 heterocycles. The van der Waals surface area contributed by atoms with E-state index in [4.69, 9.17) is 0 Å². The van der Waals surface area contributed by atoms with Gasteiger partial charge in [-0.3, -0.25) is 25.0 Å². The van der Waals surface area contributed by atoms with E-state index in [0.29, 0.717) is 11.1 Å². The van der Waals surface area contributed by atoms with Gasteiger partial charge in [-0.15, -0.1) is 0 Å². The van der Waals surface area contributed by atoms with Crippen LogP contribution in [0.1, 0.15) is 46.2 Å². The normalized spacial score (nSPS) is 21.4. The van der Waals surface area contributed by atoms with Crippen LogP contribution in [0.2, 0.25) is 0 Å². The fraction of sp³-hybridized carbons (Fsp3) is 0.138. The van der Waals surface area contributed by atoms with Gasteiger partial charge in [-0.2, -0.15) is 0 Å². The van der Waals surface area contributed by atoms with Gasteiger partial charge in [-0.25, -0.2) is 0 Å². The molecule has 1 fully saturated rings. The standard InChI is InChI=1S/C29H23N3O5/c33-29-25(19-9-3-1-4-10-19)27(21-13-7-15-23(17-21)31(34)35)30-28(26(29)20-11-5-2-6-12-20)22-14-8-16-24(18-22)32(36)37/h1-18,25-28,30H/t25-,26-,27-,28+/m0/s1. The molecule has 0 unspecified atom stereocenters. The third-order valence-electron chi connectivity index (χ3n) is 6.84. The summed E-state index contributed by atoms with van der Waals surface area (Å²) in [7, 11) is 0. The molecule has 0 aliphatic carbocycles. The lowest BCUT2D eigenvalue weighted by Crippen LogP contribution is -2.46. The van der Waals surface area contributed by atoms with Crippen molar-refractivity contribution in [1.82, 2.24) is 5.32 Å². The van der Waals surface area contributed by atoms with Gasteiger partial charge in [-0.1, -0.05) is 84.9 Å². The van der Waals surface area contributed by atoms with E-state index in [2.05, 4.69) is 5.32 Å². The smallest absolute Gasteiger partial charge is 0.269 e. The highest BCUT2D eigenvalue weighted by Gasteiger charge is 2.46. The monoisotopic (exact) mass is 493 g/mol. The summed E-state index contributed by atoms with van der Waals surface area (Å²) >= 11 is 0. The predicted octanol–water partition coefficient (Wildman–Crippen LogP) is 6.03. The number of nitrogens with zero attached hydrogens (tertiary/aromatic N) is 2. The second-order valence-corrected chi connectivity index (χ2v) is 9.01. The first-order chi connectivity index (χ1) is 17.9. The van der Waals surface area contributed by atoms with Crippen molar-refractivity contribution in [3.8, 4) is 0 Å². The molecule has 8 nitrogen and oxygen atoms in total. The number of piperidine rings is 1. The van der Waals surface area contributed by atoms with E-state index in [1.807, 2.05) is 60.7 Å². The molecular weight excluding hydrogens is 470 g/mol. The summed E-state index contributed by atoms with van der Waals surface area (Å²) < 4.78 is 0. The number of nitro benzene ring substituents is 2. The molecule has 8 heteroatoms. The Kier molecular flexibility index (Phi) is 6.57. The number of rotatable bonds is 6. The van der Waals surface area contributed by atoms with Gasteiger partial charge in [0, 0.05) is 36.3 Å². The summed E-state index contributed by atoms with van der Waals surface area (Å²) in [4.78, 5) is 36.6. The van der Waals surface area contributed by atoms with E-state index in [1.54, 1.807) is 24.3 Å². The molecule has 0 bridgehead atoms. The lowest BCUT2D eigenvalue weighted by Gasteiger charge is -2.42. The van der Waals surface area contributed by atoms with Gasteiger partial charge in [0.15, 0.2) is 5.78 Å². The third kappa shape index (κ3) is 4.74. The van der Waals surface area contributed by atoms with Gasteiger partial charge in [0.2, 0.25) is 0 Å². The first-order valence-corrected chi connectivity index (χ1v) is 11.8. The largest absolute Gasteiger partial charge is 0.301 e. The van der Waals surface area contributed by atoms with Gasteiger partial charge in [0.05, 0.1) is 21.7 Å². The topological polar surface area (TPSA) is 115 Å². The van der Waals surface area contributed by atoms with Gasteiger partial charge >= 0.3 is 0 Å². The fourth-order valence-electron chi connectivity index (χ4n) is 5.18. The number of ketones is 1. The number of Topliss-reactive ketones (excluding diaryl/α,β-unsaturated/α-hetero) is 1. The van der Waals surface area contributed by atoms with Crippen LogP contribution < -0.4 is 5.32 Å². The Balaban J connectivity index is 1.70. The summed E-state index contributed by atoms with van der Waals surface area (Å²) in [5.74, 6) is -1.34. The zero-order chi connectivity index (χ0) is 25.9. The highest BCUT2D eigenvalue weighted by atomic mass is 16.6. The van der Waals surface area contributed by atoms with Crippen molar-refractivity contribution in [2.45, 2.75) is 23.9 Å². The van der Waals surface area contributed by atoms with E-state index in [9.17, 15) is 25.0 Å². The minimum atomic E-state index is -0.636. The van der Waals surface area contributed by atoms with Crippen molar-refractivity contribution in [3.63, 3.8) is 0 Å². The number of nitrogens with one attached hydrogen (secondary N) is 1. The van der Waals surface area contributed by atoms with Crippen LogP contribution in [-0.2, 0) is 4.79 Å². The molecule has 1 aliphatic rings. The first kappa shape index (κ1) is 24.0. The lowest BCUT2D eigenvalue weighted by atomic mass is 9.70. The summed E-state index contributed by atoms with van der Waals surface area (Å²) in [6.45, 7) is 0. The van der Waals surface area contributed by atoms with Crippen LogP contribution in [0.15, 0.2) is 109 Å².